The van der Waals surface area contributed by atoms with Gasteiger partial charge in [-0.3, -0.25) is 14.4 Å². The predicted molar refractivity (Wildman–Crippen MR) is 71.7 cm³/mol. The van der Waals surface area contributed by atoms with Crippen LogP contribution in [0, 0.1) is 0 Å². The predicted octanol–water partition coefficient (Wildman–Crippen LogP) is 0.587. The molecule has 20 heavy (non-hydrogen) atoms. The Kier molecular flexibility index (Phi) is 11.6. The van der Waals surface area contributed by atoms with Crippen LogP contribution in [0.15, 0.2) is 24.3 Å². The number of carboxylic acids is 1. The van der Waals surface area contributed by atoms with Crippen LogP contribution in [0.5, 0.6) is 0 Å². The minimum atomic E-state index is -0.995. The normalized spacial score (nSPS) is 9.80. The summed E-state index contributed by atoms with van der Waals surface area (Å²) in [7, 11) is 0. The number of ether oxygens (including phenoxy) is 1. The summed E-state index contributed by atoms with van der Waals surface area (Å²) in [5, 5.41) is 8.49. The minimum Gasteiger partial charge on any atom is -0.478 e. The van der Waals surface area contributed by atoms with Crippen molar-refractivity contribution in [1.82, 2.24) is 0 Å². The Labute approximate surface area is 117 Å². The number of primary amides is 1. The zero-order chi connectivity index (χ0) is 16.1. The van der Waals surface area contributed by atoms with E-state index in [-0.39, 0.29) is 24.4 Å². The molecule has 0 atom stereocenters. The minimum absolute atomic E-state index is 0.0940. The fourth-order valence-electron chi connectivity index (χ4n) is 0.790. The van der Waals surface area contributed by atoms with Gasteiger partial charge in [0.2, 0.25) is 5.91 Å². The van der Waals surface area contributed by atoms with Crippen LogP contribution in [0.1, 0.15) is 26.7 Å². The van der Waals surface area contributed by atoms with Crippen molar-refractivity contribution < 1.29 is 29.0 Å². The molecule has 0 unspecified atom stereocenters. The molecular formula is C13H19NO6. The van der Waals surface area contributed by atoms with Crippen LogP contribution < -0.4 is 5.73 Å². The summed E-state index contributed by atoms with van der Waals surface area (Å²) in [5.74, 6) is -2.31. The van der Waals surface area contributed by atoms with Gasteiger partial charge in [0.15, 0.2) is 0 Å². The molecule has 0 aliphatic carbocycles. The maximum absolute atomic E-state index is 10.9. The molecule has 0 aliphatic heterocycles. The summed E-state index contributed by atoms with van der Waals surface area (Å²) < 4.78 is 4.69. The van der Waals surface area contributed by atoms with Gasteiger partial charge in [-0.25, -0.2) is 4.79 Å². The number of carbonyl (C=O) groups is 4. The zero-order valence-corrected chi connectivity index (χ0v) is 11.5. The number of rotatable bonds is 7. The van der Waals surface area contributed by atoms with E-state index in [1.165, 1.54) is 19.9 Å². The number of aliphatic carboxylic acids is 1. The van der Waals surface area contributed by atoms with Crippen LogP contribution in [-0.4, -0.2) is 35.3 Å². The number of ketones is 1. The quantitative estimate of drug-likeness (QED) is 0.305. The molecule has 0 bridgehead atoms. The van der Waals surface area contributed by atoms with Gasteiger partial charge in [0.1, 0.15) is 12.2 Å². The molecule has 7 heteroatoms. The first kappa shape index (κ1) is 19.9. The molecule has 3 N–H and O–H groups in total. The van der Waals surface area contributed by atoms with Crippen molar-refractivity contribution in [2.24, 2.45) is 5.73 Å². The molecule has 1 amide bonds. The summed E-state index contributed by atoms with van der Waals surface area (Å²) in [4.78, 5) is 41.2. The second-order valence-electron chi connectivity index (χ2n) is 3.69. The molecule has 0 aromatic carbocycles. The number of Topliss-reactive ketones (excluding diaryl/α,β-unsaturated/α-hetero) is 1. The Hall–Kier alpha value is -2.44. The third-order valence-corrected chi connectivity index (χ3v) is 1.76. The summed E-state index contributed by atoms with van der Waals surface area (Å²) in [6.45, 7) is 5.94. The number of hydrogen-bond donors (Lipinski definition) is 2. The van der Waals surface area contributed by atoms with Crippen molar-refractivity contribution in [3.63, 3.8) is 0 Å². The standard InChI is InChI=1S/C10H14O5.C3H5NO/c1-7(10(13)14)4-3-5-15-9(12)6-8(2)11;1-2-3(4)5/h4H,3,5-6H2,1-2H3,(H,13,14);2H,1H2,(H2,4,5). The average Bonchev–Trinajstić information content (AvgIpc) is 2.33. The Morgan fingerprint density at radius 2 is 1.75 bits per heavy atom. The third-order valence-electron chi connectivity index (χ3n) is 1.76. The molecule has 0 spiro atoms. The van der Waals surface area contributed by atoms with Gasteiger partial charge in [-0.1, -0.05) is 12.7 Å². The summed E-state index contributed by atoms with van der Waals surface area (Å²) in [5.41, 5.74) is 4.74. The Bertz CT molecular complexity index is 411. The first-order valence-electron chi connectivity index (χ1n) is 5.67. The van der Waals surface area contributed by atoms with Crippen molar-refractivity contribution in [1.29, 1.82) is 0 Å². The molecular weight excluding hydrogens is 266 g/mol. The first-order chi connectivity index (χ1) is 9.20. The highest BCUT2D eigenvalue weighted by Gasteiger charge is 2.05. The summed E-state index contributed by atoms with van der Waals surface area (Å²) in [6.07, 6.45) is 2.62. The highest BCUT2D eigenvalue weighted by molar-refractivity contribution is 5.94. The highest BCUT2D eigenvalue weighted by atomic mass is 16.5. The summed E-state index contributed by atoms with van der Waals surface area (Å²) >= 11 is 0. The van der Waals surface area contributed by atoms with Gasteiger partial charge in [-0.15, -0.1) is 0 Å². The monoisotopic (exact) mass is 285 g/mol. The molecule has 0 aliphatic rings. The number of carboxylic acid groups (broad SMARTS) is 1. The van der Waals surface area contributed by atoms with Crippen LogP contribution in [0.25, 0.3) is 0 Å². The smallest absolute Gasteiger partial charge is 0.330 e. The molecule has 7 nitrogen and oxygen atoms in total. The van der Waals surface area contributed by atoms with Gasteiger partial charge < -0.3 is 15.6 Å². The molecule has 0 aromatic heterocycles. The molecule has 0 radical (unpaired) electrons. The number of hydrogen-bond acceptors (Lipinski definition) is 5. The van der Waals surface area contributed by atoms with E-state index >= 15 is 0 Å². The van der Waals surface area contributed by atoms with Crippen molar-refractivity contribution in [3.05, 3.63) is 24.3 Å². The molecule has 0 saturated heterocycles. The SMILES string of the molecule is C=CC(N)=O.CC(=O)CC(=O)OCCC=C(C)C(=O)O. The van der Waals surface area contributed by atoms with E-state index in [1.807, 2.05) is 0 Å². The summed E-state index contributed by atoms with van der Waals surface area (Å²) in [6, 6.07) is 0. The van der Waals surface area contributed by atoms with Gasteiger partial charge in [0.05, 0.1) is 6.61 Å². The van der Waals surface area contributed by atoms with Gasteiger partial charge >= 0.3 is 11.9 Å². The number of carbonyl (C=O) groups excluding carboxylic acids is 3. The van der Waals surface area contributed by atoms with Crippen LogP contribution in [-0.2, 0) is 23.9 Å². The number of nitrogens with two attached hydrogens (primary N) is 1. The third kappa shape index (κ3) is 15.6. The second-order valence-corrected chi connectivity index (χ2v) is 3.69. The van der Waals surface area contributed by atoms with Gasteiger partial charge in [0.25, 0.3) is 0 Å². The van der Waals surface area contributed by atoms with Gasteiger partial charge in [-0.05, 0) is 19.9 Å². The topological polar surface area (TPSA) is 124 Å². The zero-order valence-electron chi connectivity index (χ0n) is 11.5. The van der Waals surface area contributed by atoms with Crippen LogP contribution >= 0.6 is 0 Å². The van der Waals surface area contributed by atoms with E-state index < -0.39 is 17.8 Å². The van der Waals surface area contributed by atoms with Crippen LogP contribution in [0.4, 0.5) is 0 Å². The second kappa shape index (κ2) is 11.6. The van der Waals surface area contributed by atoms with Gasteiger partial charge in [0, 0.05) is 12.0 Å². The van der Waals surface area contributed by atoms with Crippen LogP contribution in [0.3, 0.4) is 0 Å². The molecule has 0 rings (SSSR count). The molecule has 0 aromatic rings. The van der Waals surface area contributed by atoms with E-state index in [2.05, 4.69) is 17.0 Å². The molecule has 0 saturated carbocycles. The highest BCUT2D eigenvalue weighted by Crippen LogP contribution is 1.97. The Morgan fingerprint density at radius 1 is 1.25 bits per heavy atom. The van der Waals surface area contributed by atoms with E-state index in [0.717, 1.165) is 6.08 Å². The van der Waals surface area contributed by atoms with Crippen LogP contribution in [0.2, 0.25) is 0 Å². The fraction of sp³-hybridized carbons (Fsp3) is 0.385. The largest absolute Gasteiger partial charge is 0.478 e. The fourth-order valence-corrected chi connectivity index (χ4v) is 0.790. The van der Waals surface area contributed by atoms with E-state index in [4.69, 9.17) is 5.11 Å². The van der Waals surface area contributed by atoms with Gasteiger partial charge in [-0.2, -0.15) is 0 Å². The number of amides is 1. The maximum atomic E-state index is 10.9. The van der Waals surface area contributed by atoms with E-state index in [0.29, 0.717) is 6.42 Å². The lowest BCUT2D eigenvalue weighted by Gasteiger charge is -2.00. The average molecular weight is 285 g/mol. The molecule has 112 valence electrons. The van der Waals surface area contributed by atoms with Crippen molar-refractivity contribution >= 4 is 23.6 Å². The Balaban J connectivity index is 0. The maximum Gasteiger partial charge on any atom is 0.330 e. The molecule has 0 heterocycles. The lowest BCUT2D eigenvalue weighted by Crippen LogP contribution is -2.09. The number of esters is 1. The van der Waals surface area contributed by atoms with E-state index in [1.54, 1.807) is 0 Å². The lowest BCUT2D eigenvalue weighted by molar-refractivity contribution is -0.145. The van der Waals surface area contributed by atoms with Crippen molar-refractivity contribution in [3.8, 4) is 0 Å². The van der Waals surface area contributed by atoms with E-state index in [9.17, 15) is 19.2 Å². The molecule has 0 fully saturated rings. The van der Waals surface area contributed by atoms with Crippen molar-refractivity contribution in [2.45, 2.75) is 26.7 Å². The van der Waals surface area contributed by atoms with Crippen molar-refractivity contribution in [2.75, 3.05) is 6.61 Å². The Morgan fingerprint density at radius 3 is 2.10 bits per heavy atom. The lowest BCUT2D eigenvalue weighted by atomic mass is 10.2. The first-order valence-corrected chi connectivity index (χ1v) is 5.67.